The number of ether oxygens (including phenoxy) is 2. The molecule has 0 aliphatic carbocycles. The summed E-state index contributed by atoms with van der Waals surface area (Å²) >= 11 is 0. The van der Waals surface area contributed by atoms with Gasteiger partial charge in [-0.3, -0.25) is 19.1 Å². The van der Waals surface area contributed by atoms with Crippen molar-refractivity contribution >= 4 is 17.7 Å². The van der Waals surface area contributed by atoms with Crippen LogP contribution in [0.5, 0.6) is 11.5 Å². The Kier molecular flexibility index (Phi) is 7.70. The van der Waals surface area contributed by atoms with Crippen molar-refractivity contribution in [2.75, 3.05) is 27.8 Å². The second-order valence-corrected chi connectivity index (χ2v) is 9.56. The standard InChI is InChI=1S/C28H33N5O5/c1-18-6-8-19(9-7-18)16-30-27(36)28(2)17-33-23(26(35)32(28)3)15-22(31-33)25(34)29-13-12-20-10-11-21(37-4)14-24(20)38-5/h6-11,14-15H,12-13,16-17H2,1-5H3,(H,29,34)(H,30,36)/t28-/m0/s1. The van der Waals surface area contributed by atoms with Gasteiger partial charge >= 0.3 is 0 Å². The first-order valence-electron chi connectivity index (χ1n) is 12.3. The molecule has 0 bridgehead atoms. The molecule has 3 amide bonds. The lowest BCUT2D eigenvalue weighted by Crippen LogP contribution is -2.62. The van der Waals surface area contributed by atoms with Crippen molar-refractivity contribution in [3.63, 3.8) is 0 Å². The lowest BCUT2D eigenvalue weighted by atomic mass is 9.95. The van der Waals surface area contributed by atoms with Crippen LogP contribution in [0.1, 0.15) is 44.6 Å². The lowest BCUT2D eigenvalue weighted by molar-refractivity contribution is -0.132. The maximum Gasteiger partial charge on any atom is 0.272 e. The fourth-order valence-corrected chi connectivity index (χ4v) is 4.38. The molecule has 1 aliphatic heterocycles. The van der Waals surface area contributed by atoms with Gasteiger partial charge in [0, 0.05) is 32.3 Å². The zero-order valence-electron chi connectivity index (χ0n) is 22.3. The zero-order chi connectivity index (χ0) is 27.4. The SMILES string of the molecule is COc1ccc(CCNC(=O)c2cc3n(n2)C[C@@](C)(C(=O)NCc2ccc(C)cc2)N(C)C3=O)c(OC)c1. The van der Waals surface area contributed by atoms with E-state index in [-0.39, 0.29) is 29.7 Å². The molecule has 1 aromatic heterocycles. The average molecular weight is 520 g/mol. The number of fused-ring (bicyclic) bond motifs is 1. The molecular weight excluding hydrogens is 486 g/mol. The predicted octanol–water partition coefficient (Wildman–Crippen LogP) is 2.34. The quantitative estimate of drug-likeness (QED) is 0.449. The molecule has 200 valence electrons. The van der Waals surface area contributed by atoms with Crippen LogP contribution in [-0.2, 0) is 24.3 Å². The maximum atomic E-state index is 13.2. The highest BCUT2D eigenvalue weighted by Crippen LogP contribution is 2.27. The van der Waals surface area contributed by atoms with Gasteiger partial charge in [0.15, 0.2) is 5.69 Å². The minimum Gasteiger partial charge on any atom is -0.497 e. The van der Waals surface area contributed by atoms with Gasteiger partial charge in [-0.2, -0.15) is 5.10 Å². The van der Waals surface area contributed by atoms with E-state index < -0.39 is 11.4 Å². The van der Waals surface area contributed by atoms with E-state index in [1.54, 1.807) is 34.3 Å². The van der Waals surface area contributed by atoms with Crippen molar-refractivity contribution in [3.05, 3.63) is 76.6 Å². The number of amides is 3. The molecule has 38 heavy (non-hydrogen) atoms. The average Bonchev–Trinajstić information content (AvgIpc) is 3.35. The van der Waals surface area contributed by atoms with Crippen LogP contribution < -0.4 is 20.1 Å². The molecule has 2 heterocycles. The number of nitrogens with zero attached hydrogens (tertiary/aromatic N) is 3. The van der Waals surface area contributed by atoms with E-state index in [1.807, 2.05) is 43.3 Å². The van der Waals surface area contributed by atoms with E-state index >= 15 is 0 Å². The van der Waals surface area contributed by atoms with E-state index in [4.69, 9.17) is 9.47 Å². The number of carbonyl (C=O) groups excluding carboxylic acids is 3. The summed E-state index contributed by atoms with van der Waals surface area (Å²) in [5.41, 5.74) is 2.23. The van der Waals surface area contributed by atoms with Crippen LogP contribution >= 0.6 is 0 Å². The Balaban J connectivity index is 1.41. The predicted molar refractivity (Wildman–Crippen MR) is 141 cm³/mol. The summed E-state index contributed by atoms with van der Waals surface area (Å²) in [5.74, 6) is 0.280. The molecule has 10 heteroatoms. The minimum absolute atomic E-state index is 0.118. The number of rotatable bonds is 9. The van der Waals surface area contributed by atoms with Gasteiger partial charge in [0.2, 0.25) is 5.91 Å². The molecule has 3 aromatic rings. The summed E-state index contributed by atoms with van der Waals surface area (Å²) in [6.45, 7) is 4.51. The molecule has 0 fully saturated rings. The normalized spacial score (nSPS) is 16.6. The van der Waals surface area contributed by atoms with Gasteiger partial charge in [-0.25, -0.2) is 0 Å². The second-order valence-electron chi connectivity index (χ2n) is 9.56. The summed E-state index contributed by atoms with van der Waals surface area (Å²) in [4.78, 5) is 40.6. The number of hydrogen-bond acceptors (Lipinski definition) is 6. The van der Waals surface area contributed by atoms with Crippen molar-refractivity contribution in [2.45, 2.75) is 38.9 Å². The monoisotopic (exact) mass is 519 g/mol. The first-order chi connectivity index (χ1) is 18.2. The molecule has 0 spiro atoms. The Hall–Kier alpha value is -4.34. The summed E-state index contributed by atoms with van der Waals surface area (Å²) in [6.07, 6.45) is 0.535. The van der Waals surface area contributed by atoms with E-state index in [0.717, 1.165) is 16.7 Å². The summed E-state index contributed by atoms with van der Waals surface area (Å²) in [5, 5.41) is 10.1. The highest BCUT2D eigenvalue weighted by molar-refractivity contribution is 6.01. The third-order valence-electron chi connectivity index (χ3n) is 6.97. The first-order valence-corrected chi connectivity index (χ1v) is 12.3. The fraction of sp³-hybridized carbons (Fsp3) is 0.357. The maximum absolute atomic E-state index is 13.2. The highest BCUT2D eigenvalue weighted by atomic mass is 16.5. The van der Waals surface area contributed by atoms with Crippen molar-refractivity contribution < 1.29 is 23.9 Å². The molecular formula is C28H33N5O5. The molecule has 10 nitrogen and oxygen atoms in total. The van der Waals surface area contributed by atoms with Gasteiger partial charge in [0.1, 0.15) is 22.7 Å². The molecule has 1 atom stereocenters. The fourth-order valence-electron chi connectivity index (χ4n) is 4.38. The van der Waals surface area contributed by atoms with Gasteiger partial charge in [-0.15, -0.1) is 0 Å². The first kappa shape index (κ1) is 26.7. The van der Waals surface area contributed by atoms with Gasteiger partial charge in [0.05, 0.1) is 20.8 Å². The Morgan fingerprint density at radius 2 is 1.79 bits per heavy atom. The van der Waals surface area contributed by atoms with Gasteiger partial charge in [0.25, 0.3) is 11.8 Å². The van der Waals surface area contributed by atoms with Crippen molar-refractivity contribution in [3.8, 4) is 11.5 Å². The zero-order valence-corrected chi connectivity index (χ0v) is 22.3. The smallest absolute Gasteiger partial charge is 0.272 e. The van der Waals surface area contributed by atoms with Crippen LogP contribution in [0.2, 0.25) is 0 Å². The molecule has 2 aromatic carbocycles. The molecule has 0 radical (unpaired) electrons. The van der Waals surface area contributed by atoms with Crippen molar-refractivity contribution in [1.29, 1.82) is 0 Å². The molecule has 0 unspecified atom stereocenters. The number of nitrogens with one attached hydrogen (secondary N) is 2. The Morgan fingerprint density at radius 3 is 2.47 bits per heavy atom. The van der Waals surface area contributed by atoms with Crippen molar-refractivity contribution in [1.82, 2.24) is 25.3 Å². The Bertz CT molecular complexity index is 1350. The van der Waals surface area contributed by atoms with Gasteiger partial charge in [-0.1, -0.05) is 35.9 Å². The molecule has 2 N–H and O–H groups in total. The van der Waals surface area contributed by atoms with Crippen LogP contribution in [0.3, 0.4) is 0 Å². The van der Waals surface area contributed by atoms with Crippen LogP contribution in [0.25, 0.3) is 0 Å². The van der Waals surface area contributed by atoms with E-state index in [1.165, 1.54) is 15.6 Å². The second kappa shape index (κ2) is 11.0. The van der Waals surface area contributed by atoms with Crippen LogP contribution in [-0.4, -0.2) is 65.8 Å². The molecule has 0 saturated heterocycles. The number of benzene rings is 2. The Morgan fingerprint density at radius 1 is 1.05 bits per heavy atom. The number of aromatic nitrogens is 2. The third kappa shape index (κ3) is 5.34. The number of hydrogen-bond donors (Lipinski definition) is 2. The molecule has 0 saturated carbocycles. The van der Waals surface area contributed by atoms with E-state index in [9.17, 15) is 14.4 Å². The minimum atomic E-state index is -1.17. The topological polar surface area (TPSA) is 115 Å². The highest BCUT2D eigenvalue weighted by Gasteiger charge is 2.46. The van der Waals surface area contributed by atoms with E-state index in [2.05, 4.69) is 15.7 Å². The van der Waals surface area contributed by atoms with Gasteiger partial charge in [-0.05, 0) is 37.5 Å². The third-order valence-corrected chi connectivity index (χ3v) is 6.97. The summed E-state index contributed by atoms with van der Waals surface area (Å²) < 4.78 is 12.1. The number of carbonyl (C=O) groups is 3. The largest absolute Gasteiger partial charge is 0.497 e. The summed E-state index contributed by atoms with van der Waals surface area (Å²) in [6, 6.07) is 14.8. The molecule has 1 aliphatic rings. The van der Waals surface area contributed by atoms with Gasteiger partial charge < -0.3 is 25.0 Å². The summed E-state index contributed by atoms with van der Waals surface area (Å²) in [7, 11) is 4.76. The van der Waals surface area contributed by atoms with Crippen LogP contribution in [0, 0.1) is 6.92 Å². The Labute approximate surface area is 221 Å². The van der Waals surface area contributed by atoms with Crippen LogP contribution in [0.15, 0.2) is 48.5 Å². The molecule has 4 rings (SSSR count). The lowest BCUT2D eigenvalue weighted by Gasteiger charge is -2.40. The number of aryl methyl sites for hydroxylation is 1. The van der Waals surface area contributed by atoms with E-state index in [0.29, 0.717) is 31.0 Å². The number of methoxy groups -OCH3 is 2. The van der Waals surface area contributed by atoms with Crippen LogP contribution in [0.4, 0.5) is 0 Å². The van der Waals surface area contributed by atoms with Crippen molar-refractivity contribution in [2.24, 2.45) is 0 Å². The number of likely N-dealkylation sites (N-methyl/N-ethyl adjacent to an activating group) is 1.